The van der Waals surface area contributed by atoms with Gasteiger partial charge in [0, 0.05) is 24.3 Å². The van der Waals surface area contributed by atoms with Gasteiger partial charge in [0.25, 0.3) is 0 Å². The number of hydrogen-bond donors (Lipinski definition) is 1. The van der Waals surface area contributed by atoms with Crippen LogP contribution >= 0.6 is 0 Å². The molecule has 0 spiro atoms. The van der Waals surface area contributed by atoms with Crippen LogP contribution in [-0.4, -0.2) is 19.0 Å². The van der Waals surface area contributed by atoms with Gasteiger partial charge in [0.2, 0.25) is 5.91 Å². The number of anilines is 1. The molecule has 2 N–H and O–H groups in total. The maximum atomic E-state index is 11.4. The number of nitrogens with zero attached hydrogens (tertiary/aromatic N) is 1. The van der Waals surface area contributed by atoms with E-state index in [-0.39, 0.29) is 5.91 Å². The molecule has 3 heteroatoms. The van der Waals surface area contributed by atoms with Gasteiger partial charge in [-0.3, -0.25) is 4.79 Å². The van der Waals surface area contributed by atoms with Gasteiger partial charge in [0.05, 0.1) is 0 Å². The first-order valence-corrected chi connectivity index (χ1v) is 6.76. The zero-order chi connectivity index (χ0) is 13.1. The summed E-state index contributed by atoms with van der Waals surface area (Å²) in [5.74, 6) is 0.396. The van der Waals surface area contributed by atoms with Crippen molar-refractivity contribution in [1.29, 1.82) is 0 Å². The number of hydrogen-bond acceptors (Lipinski definition) is 2. The van der Waals surface area contributed by atoms with Crippen LogP contribution < -0.4 is 10.6 Å². The lowest BCUT2D eigenvalue weighted by Crippen LogP contribution is -2.32. The van der Waals surface area contributed by atoms with Crippen molar-refractivity contribution in [3.05, 3.63) is 29.3 Å². The first-order chi connectivity index (χ1) is 8.59. The summed E-state index contributed by atoms with van der Waals surface area (Å²) >= 11 is 0. The lowest BCUT2D eigenvalue weighted by Gasteiger charge is -2.32. The van der Waals surface area contributed by atoms with Crippen LogP contribution in [0, 0.1) is 5.92 Å². The van der Waals surface area contributed by atoms with Crippen LogP contribution in [0.25, 0.3) is 0 Å². The van der Waals surface area contributed by atoms with Gasteiger partial charge in [-0.05, 0) is 42.9 Å². The van der Waals surface area contributed by atoms with Crippen LogP contribution in [0.3, 0.4) is 0 Å². The lowest BCUT2D eigenvalue weighted by atomic mass is 9.95. The highest BCUT2D eigenvalue weighted by molar-refractivity contribution is 5.96. The van der Waals surface area contributed by atoms with Gasteiger partial charge in [-0.25, -0.2) is 0 Å². The minimum Gasteiger partial charge on any atom is -0.371 e. The van der Waals surface area contributed by atoms with Crippen molar-refractivity contribution in [2.24, 2.45) is 11.7 Å². The number of nitrogens with two attached hydrogens (primary N) is 1. The van der Waals surface area contributed by atoms with E-state index in [0.29, 0.717) is 11.5 Å². The Bertz CT molecular complexity index is 440. The third-order valence-corrected chi connectivity index (χ3v) is 3.59. The molecule has 0 fully saturated rings. The van der Waals surface area contributed by atoms with Crippen LogP contribution in [0.2, 0.25) is 0 Å². The second-order valence-corrected chi connectivity index (χ2v) is 5.44. The summed E-state index contributed by atoms with van der Waals surface area (Å²) < 4.78 is 0. The summed E-state index contributed by atoms with van der Waals surface area (Å²) in [4.78, 5) is 13.8. The smallest absolute Gasteiger partial charge is 0.249 e. The van der Waals surface area contributed by atoms with E-state index < -0.39 is 0 Å². The summed E-state index contributed by atoms with van der Waals surface area (Å²) in [6.45, 7) is 6.63. The number of fused-ring (bicyclic) bond motifs is 1. The predicted molar refractivity (Wildman–Crippen MR) is 74.9 cm³/mol. The van der Waals surface area contributed by atoms with Gasteiger partial charge in [-0.1, -0.05) is 19.9 Å². The van der Waals surface area contributed by atoms with Crippen LogP contribution in [0.15, 0.2) is 18.2 Å². The van der Waals surface area contributed by atoms with E-state index >= 15 is 0 Å². The van der Waals surface area contributed by atoms with E-state index in [4.69, 9.17) is 5.73 Å². The van der Waals surface area contributed by atoms with Gasteiger partial charge in [0.1, 0.15) is 0 Å². The minimum atomic E-state index is -0.308. The Kier molecular flexibility index (Phi) is 3.90. The quantitative estimate of drug-likeness (QED) is 0.887. The molecule has 0 bridgehead atoms. The predicted octanol–water partition coefficient (Wildman–Crippen LogP) is 2.58. The minimum absolute atomic E-state index is 0.308. The molecular formula is C15H22N2O. The number of carbonyl (C=O) groups excluding carboxylic acids is 1. The maximum absolute atomic E-state index is 11.4. The van der Waals surface area contributed by atoms with Gasteiger partial charge < -0.3 is 10.6 Å². The van der Waals surface area contributed by atoms with Crippen molar-refractivity contribution in [3.8, 4) is 0 Å². The zero-order valence-corrected chi connectivity index (χ0v) is 11.3. The molecule has 0 radical (unpaired) electrons. The van der Waals surface area contributed by atoms with Crippen LogP contribution in [0.1, 0.15) is 42.6 Å². The highest BCUT2D eigenvalue weighted by Gasteiger charge is 2.20. The third kappa shape index (κ3) is 2.66. The highest BCUT2D eigenvalue weighted by Crippen LogP contribution is 2.30. The van der Waals surface area contributed by atoms with Crippen molar-refractivity contribution in [1.82, 2.24) is 0 Å². The molecule has 0 saturated carbocycles. The van der Waals surface area contributed by atoms with E-state index in [9.17, 15) is 4.79 Å². The van der Waals surface area contributed by atoms with Crippen molar-refractivity contribution in [2.45, 2.75) is 33.1 Å². The number of rotatable bonds is 4. The van der Waals surface area contributed by atoms with Crippen molar-refractivity contribution >= 4 is 11.6 Å². The normalized spacial score (nSPS) is 14.7. The molecule has 1 amide bonds. The van der Waals surface area contributed by atoms with E-state index in [2.05, 4.69) is 24.8 Å². The average Bonchev–Trinajstić information content (AvgIpc) is 2.35. The Morgan fingerprint density at radius 1 is 1.44 bits per heavy atom. The molecule has 1 heterocycles. The fourth-order valence-electron chi connectivity index (χ4n) is 2.58. The van der Waals surface area contributed by atoms with E-state index in [1.807, 2.05) is 12.1 Å². The van der Waals surface area contributed by atoms with Crippen molar-refractivity contribution in [3.63, 3.8) is 0 Å². The average molecular weight is 246 g/mol. The molecule has 1 aliphatic rings. The first kappa shape index (κ1) is 12.9. The van der Waals surface area contributed by atoms with Gasteiger partial charge in [0.15, 0.2) is 0 Å². The molecule has 3 nitrogen and oxygen atoms in total. The largest absolute Gasteiger partial charge is 0.371 e. The molecule has 0 atom stereocenters. The molecular weight excluding hydrogens is 224 g/mol. The van der Waals surface area contributed by atoms with Crippen LogP contribution in [0.5, 0.6) is 0 Å². The number of benzene rings is 1. The first-order valence-electron chi connectivity index (χ1n) is 6.76. The molecule has 0 unspecified atom stereocenters. The van der Waals surface area contributed by atoms with Crippen molar-refractivity contribution < 1.29 is 4.79 Å². The molecule has 2 rings (SSSR count). The lowest BCUT2D eigenvalue weighted by molar-refractivity contribution is 0.0999. The van der Waals surface area contributed by atoms with E-state index in [1.165, 1.54) is 12.1 Å². The van der Waals surface area contributed by atoms with Gasteiger partial charge in [-0.15, -0.1) is 0 Å². The topological polar surface area (TPSA) is 46.3 Å². The number of amides is 1. The Morgan fingerprint density at radius 3 is 2.89 bits per heavy atom. The molecule has 1 aromatic rings. The van der Waals surface area contributed by atoms with Gasteiger partial charge >= 0.3 is 0 Å². The second-order valence-electron chi connectivity index (χ2n) is 5.44. The van der Waals surface area contributed by atoms with E-state index in [0.717, 1.165) is 31.5 Å². The number of carbonyl (C=O) groups is 1. The second kappa shape index (κ2) is 5.42. The number of primary amides is 1. The molecule has 1 aliphatic heterocycles. The standard InChI is InChI=1S/C15H22N2O/c1-11(2)8-10-17-9-4-6-12-13(15(16)18)5-3-7-14(12)17/h3,5,7,11H,4,6,8-10H2,1-2H3,(H2,16,18). The summed E-state index contributed by atoms with van der Waals surface area (Å²) in [6.07, 6.45) is 3.25. The molecule has 0 aliphatic carbocycles. The van der Waals surface area contributed by atoms with Gasteiger partial charge in [-0.2, -0.15) is 0 Å². The van der Waals surface area contributed by atoms with Crippen LogP contribution in [-0.2, 0) is 6.42 Å². The summed E-state index contributed by atoms with van der Waals surface area (Å²) in [5.41, 5.74) is 8.49. The molecule has 0 saturated heterocycles. The van der Waals surface area contributed by atoms with E-state index in [1.54, 1.807) is 0 Å². The van der Waals surface area contributed by atoms with Crippen LogP contribution in [0.4, 0.5) is 5.69 Å². The third-order valence-electron chi connectivity index (χ3n) is 3.59. The Morgan fingerprint density at radius 2 is 2.22 bits per heavy atom. The molecule has 0 aromatic heterocycles. The summed E-state index contributed by atoms with van der Waals surface area (Å²) in [5, 5.41) is 0. The Hall–Kier alpha value is -1.51. The zero-order valence-electron chi connectivity index (χ0n) is 11.3. The fourth-order valence-corrected chi connectivity index (χ4v) is 2.58. The SMILES string of the molecule is CC(C)CCN1CCCc2c(C(N)=O)cccc21. The molecule has 18 heavy (non-hydrogen) atoms. The summed E-state index contributed by atoms with van der Waals surface area (Å²) in [7, 11) is 0. The Labute approximate surface area is 109 Å². The highest BCUT2D eigenvalue weighted by atomic mass is 16.1. The summed E-state index contributed by atoms with van der Waals surface area (Å²) in [6, 6.07) is 5.89. The maximum Gasteiger partial charge on any atom is 0.249 e. The molecule has 1 aromatic carbocycles. The van der Waals surface area contributed by atoms with Crippen molar-refractivity contribution in [2.75, 3.05) is 18.0 Å². The fraction of sp³-hybridized carbons (Fsp3) is 0.533. The monoisotopic (exact) mass is 246 g/mol. The molecule has 98 valence electrons. The Balaban J connectivity index is 2.26.